The van der Waals surface area contributed by atoms with Crippen molar-refractivity contribution in [2.75, 3.05) is 39.0 Å². The highest BCUT2D eigenvalue weighted by Gasteiger charge is 2.28. The van der Waals surface area contributed by atoms with Gasteiger partial charge in [0, 0.05) is 32.2 Å². The number of nitrogens with one attached hydrogen (secondary N) is 2. The van der Waals surface area contributed by atoms with Crippen molar-refractivity contribution in [1.29, 1.82) is 0 Å². The second-order valence-corrected chi connectivity index (χ2v) is 7.93. The van der Waals surface area contributed by atoms with Gasteiger partial charge in [-0.3, -0.25) is 4.79 Å². The minimum Gasteiger partial charge on any atom is -0.375 e. The Bertz CT molecular complexity index is 463. The van der Waals surface area contributed by atoms with Crippen LogP contribution in [-0.4, -0.2) is 70.4 Å². The lowest BCUT2D eigenvalue weighted by Gasteiger charge is -2.37. The van der Waals surface area contributed by atoms with Crippen molar-refractivity contribution >= 4 is 15.9 Å². The van der Waals surface area contributed by atoms with Gasteiger partial charge in [-0.1, -0.05) is 0 Å². The van der Waals surface area contributed by atoms with Gasteiger partial charge in [0.2, 0.25) is 15.9 Å². The van der Waals surface area contributed by atoms with Gasteiger partial charge in [-0.2, -0.15) is 0 Å². The number of carbonyl (C=O) groups excluding carboxylic acids is 1. The van der Waals surface area contributed by atoms with E-state index in [1.807, 2.05) is 4.90 Å². The quantitative estimate of drug-likeness (QED) is 0.696. The summed E-state index contributed by atoms with van der Waals surface area (Å²) in [5.41, 5.74) is 0. The molecule has 0 aromatic rings. The SMILES string of the molecule is CS(=O)(=O)NCCC1CCCCN1C(=O)CC1CNCCO1. The van der Waals surface area contributed by atoms with Crippen LogP contribution in [0.25, 0.3) is 0 Å². The molecule has 7 nitrogen and oxygen atoms in total. The summed E-state index contributed by atoms with van der Waals surface area (Å²) in [6.45, 7) is 3.37. The lowest BCUT2D eigenvalue weighted by molar-refractivity contribution is -0.138. The number of ether oxygens (including phenoxy) is 1. The smallest absolute Gasteiger partial charge is 0.225 e. The van der Waals surface area contributed by atoms with Crippen LogP contribution in [0.3, 0.4) is 0 Å². The molecule has 0 aromatic heterocycles. The summed E-state index contributed by atoms with van der Waals surface area (Å²) in [6, 6.07) is 0.132. The molecule has 2 fully saturated rings. The van der Waals surface area contributed by atoms with Gasteiger partial charge in [0.25, 0.3) is 0 Å². The van der Waals surface area contributed by atoms with Crippen LogP contribution in [0.4, 0.5) is 0 Å². The molecule has 2 unspecified atom stereocenters. The topological polar surface area (TPSA) is 87.7 Å². The summed E-state index contributed by atoms with van der Waals surface area (Å²) in [5, 5.41) is 3.23. The standard InChI is InChI=1S/C14H27N3O4S/c1-22(19,20)16-6-5-12-4-2-3-8-17(12)14(18)10-13-11-15-7-9-21-13/h12-13,15-16H,2-11H2,1H3. The van der Waals surface area contributed by atoms with Gasteiger partial charge in [-0.15, -0.1) is 0 Å². The summed E-state index contributed by atoms with van der Waals surface area (Å²) in [5.74, 6) is 0.123. The fourth-order valence-corrected chi connectivity index (χ4v) is 3.59. The van der Waals surface area contributed by atoms with Gasteiger partial charge in [0.05, 0.1) is 25.4 Å². The molecule has 0 aromatic carbocycles. The van der Waals surface area contributed by atoms with E-state index in [0.717, 1.165) is 45.2 Å². The Balaban J connectivity index is 1.83. The normalized spacial score (nSPS) is 26.9. The van der Waals surface area contributed by atoms with Gasteiger partial charge in [-0.25, -0.2) is 13.1 Å². The van der Waals surface area contributed by atoms with E-state index < -0.39 is 10.0 Å². The molecule has 8 heteroatoms. The zero-order valence-electron chi connectivity index (χ0n) is 13.2. The minimum atomic E-state index is -3.17. The molecule has 0 bridgehead atoms. The molecule has 0 radical (unpaired) electrons. The molecule has 2 heterocycles. The van der Waals surface area contributed by atoms with Crippen molar-refractivity contribution < 1.29 is 17.9 Å². The Morgan fingerprint density at radius 1 is 1.41 bits per heavy atom. The van der Waals surface area contributed by atoms with Gasteiger partial charge >= 0.3 is 0 Å². The van der Waals surface area contributed by atoms with Gasteiger partial charge < -0.3 is 15.0 Å². The molecule has 0 aliphatic carbocycles. The molecule has 128 valence electrons. The van der Waals surface area contributed by atoms with Gasteiger partial charge in [-0.05, 0) is 25.7 Å². The Morgan fingerprint density at radius 3 is 2.91 bits per heavy atom. The highest BCUT2D eigenvalue weighted by atomic mass is 32.2. The molecule has 2 rings (SSSR count). The summed E-state index contributed by atoms with van der Waals surface area (Å²) in [4.78, 5) is 14.4. The summed E-state index contributed by atoms with van der Waals surface area (Å²) < 4.78 is 30.4. The maximum absolute atomic E-state index is 12.5. The molecule has 2 N–H and O–H groups in total. The number of rotatable bonds is 6. The predicted molar refractivity (Wildman–Crippen MR) is 84.0 cm³/mol. The number of amides is 1. The van der Waals surface area contributed by atoms with Crippen LogP contribution in [0.15, 0.2) is 0 Å². The summed E-state index contributed by atoms with van der Waals surface area (Å²) in [7, 11) is -3.17. The number of morpholine rings is 1. The number of sulfonamides is 1. The van der Waals surface area contributed by atoms with E-state index >= 15 is 0 Å². The van der Waals surface area contributed by atoms with Crippen LogP contribution in [-0.2, 0) is 19.6 Å². The number of hydrogen-bond acceptors (Lipinski definition) is 5. The molecule has 1 amide bonds. The third kappa shape index (κ3) is 5.83. The first-order valence-corrected chi connectivity index (χ1v) is 9.91. The van der Waals surface area contributed by atoms with Crippen molar-refractivity contribution in [2.45, 2.75) is 44.2 Å². The maximum Gasteiger partial charge on any atom is 0.225 e. The molecule has 2 aliphatic rings. The number of carbonyl (C=O) groups is 1. The fraction of sp³-hybridized carbons (Fsp3) is 0.929. The minimum absolute atomic E-state index is 0.0435. The van der Waals surface area contributed by atoms with Crippen molar-refractivity contribution in [3.63, 3.8) is 0 Å². The molecular formula is C14H27N3O4S. The zero-order chi connectivity index (χ0) is 16.0. The molecule has 0 spiro atoms. The molecule has 2 saturated heterocycles. The van der Waals surface area contributed by atoms with E-state index in [2.05, 4.69) is 10.0 Å². The van der Waals surface area contributed by atoms with E-state index in [1.54, 1.807) is 0 Å². The molecule has 2 atom stereocenters. The first kappa shape index (κ1) is 17.7. The third-order valence-corrected chi connectivity index (χ3v) is 4.92. The van der Waals surface area contributed by atoms with Crippen LogP contribution in [0, 0.1) is 0 Å². The molecule has 22 heavy (non-hydrogen) atoms. The fourth-order valence-electron chi connectivity index (χ4n) is 3.10. The van der Waals surface area contributed by atoms with Crippen LogP contribution >= 0.6 is 0 Å². The highest BCUT2D eigenvalue weighted by Crippen LogP contribution is 2.21. The van der Waals surface area contributed by atoms with Crippen molar-refractivity contribution in [3.8, 4) is 0 Å². The number of piperidine rings is 1. The van der Waals surface area contributed by atoms with Crippen molar-refractivity contribution in [3.05, 3.63) is 0 Å². The van der Waals surface area contributed by atoms with E-state index in [9.17, 15) is 13.2 Å². The van der Waals surface area contributed by atoms with Crippen LogP contribution in [0.1, 0.15) is 32.1 Å². The van der Waals surface area contributed by atoms with Crippen LogP contribution < -0.4 is 10.0 Å². The lowest BCUT2D eigenvalue weighted by Crippen LogP contribution is -2.48. The average molecular weight is 333 g/mol. The Labute approximate surface area is 132 Å². The second kappa shape index (κ2) is 8.24. The maximum atomic E-state index is 12.5. The number of hydrogen-bond donors (Lipinski definition) is 2. The van der Waals surface area contributed by atoms with E-state index in [1.165, 1.54) is 0 Å². The van der Waals surface area contributed by atoms with E-state index in [4.69, 9.17) is 4.74 Å². The first-order valence-electron chi connectivity index (χ1n) is 8.02. The average Bonchev–Trinajstić information content (AvgIpc) is 2.47. The van der Waals surface area contributed by atoms with Crippen molar-refractivity contribution in [1.82, 2.24) is 14.9 Å². The van der Waals surface area contributed by atoms with Crippen LogP contribution in [0.5, 0.6) is 0 Å². The summed E-state index contributed by atoms with van der Waals surface area (Å²) >= 11 is 0. The molecule has 2 aliphatic heterocycles. The highest BCUT2D eigenvalue weighted by molar-refractivity contribution is 7.88. The van der Waals surface area contributed by atoms with Gasteiger partial charge in [0.15, 0.2) is 0 Å². The summed E-state index contributed by atoms with van der Waals surface area (Å²) in [6.07, 6.45) is 5.25. The second-order valence-electron chi connectivity index (χ2n) is 6.09. The lowest BCUT2D eigenvalue weighted by atomic mass is 9.98. The number of likely N-dealkylation sites (tertiary alicyclic amines) is 1. The zero-order valence-corrected chi connectivity index (χ0v) is 14.0. The Kier molecular flexibility index (Phi) is 6.61. The van der Waals surface area contributed by atoms with Gasteiger partial charge in [0.1, 0.15) is 0 Å². The van der Waals surface area contributed by atoms with Crippen molar-refractivity contribution in [2.24, 2.45) is 0 Å². The van der Waals surface area contributed by atoms with Crippen LogP contribution in [0.2, 0.25) is 0 Å². The molecular weight excluding hydrogens is 306 g/mol. The number of nitrogens with zero attached hydrogens (tertiary/aromatic N) is 1. The molecule has 0 saturated carbocycles. The largest absolute Gasteiger partial charge is 0.375 e. The first-order chi connectivity index (χ1) is 10.5. The monoisotopic (exact) mass is 333 g/mol. The Hall–Kier alpha value is -0.700. The van der Waals surface area contributed by atoms with E-state index in [0.29, 0.717) is 26.0 Å². The third-order valence-electron chi connectivity index (χ3n) is 4.20. The van der Waals surface area contributed by atoms with E-state index in [-0.39, 0.29) is 18.1 Å². The Morgan fingerprint density at radius 2 is 2.23 bits per heavy atom. The predicted octanol–water partition coefficient (Wildman–Crippen LogP) is -0.315.